The number of ether oxygens (including phenoxy) is 1. The third kappa shape index (κ3) is 4.99. The molecular weight excluding hydrogens is 404 g/mol. The van der Waals surface area contributed by atoms with Gasteiger partial charge in [-0.1, -0.05) is 44.4 Å². The Kier molecular flexibility index (Phi) is 7.17. The van der Waals surface area contributed by atoms with Crippen LogP contribution in [0.1, 0.15) is 43.1 Å². The second-order valence-electron chi connectivity index (χ2n) is 8.08. The molecule has 0 atom stereocenters. The van der Waals surface area contributed by atoms with E-state index in [1.54, 1.807) is 12.1 Å². The molecule has 1 fully saturated rings. The highest BCUT2D eigenvalue weighted by Crippen LogP contribution is 2.20. The summed E-state index contributed by atoms with van der Waals surface area (Å²) in [4.78, 5) is 28.3. The predicted molar refractivity (Wildman–Crippen MR) is 128 cm³/mol. The minimum absolute atomic E-state index is 0.150. The van der Waals surface area contributed by atoms with Crippen molar-refractivity contribution < 1.29 is 9.53 Å². The van der Waals surface area contributed by atoms with Gasteiger partial charge in [-0.05, 0) is 36.8 Å². The number of benzene rings is 2. The van der Waals surface area contributed by atoms with Gasteiger partial charge in [-0.25, -0.2) is 4.68 Å². The van der Waals surface area contributed by atoms with E-state index in [2.05, 4.69) is 22.2 Å². The number of morpholine rings is 1. The SMILES string of the molecule is CCCCCCn1nc(C(=O)Nc2ccc(N3CCOCC3)cc2)c2ccccc2c1=O. The summed E-state index contributed by atoms with van der Waals surface area (Å²) in [5.41, 5.74) is 1.92. The molecule has 1 aliphatic rings. The average Bonchev–Trinajstić information content (AvgIpc) is 2.84. The average molecular weight is 435 g/mol. The molecule has 168 valence electrons. The number of fused-ring (bicyclic) bond motifs is 1. The van der Waals surface area contributed by atoms with Crippen LogP contribution in [-0.4, -0.2) is 42.0 Å². The molecule has 2 heterocycles. The topological polar surface area (TPSA) is 76.5 Å². The van der Waals surface area contributed by atoms with Crippen LogP contribution in [0.2, 0.25) is 0 Å². The molecule has 2 aromatic carbocycles. The zero-order valence-electron chi connectivity index (χ0n) is 18.5. The molecule has 0 saturated carbocycles. The summed E-state index contributed by atoms with van der Waals surface area (Å²) in [7, 11) is 0. The van der Waals surface area contributed by atoms with E-state index in [1.807, 2.05) is 36.4 Å². The van der Waals surface area contributed by atoms with Crippen molar-refractivity contribution in [1.82, 2.24) is 9.78 Å². The summed E-state index contributed by atoms with van der Waals surface area (Å²) < 4.78 is 6.85. The van der Waals surface area contributed by atoms with Crippen molar-refractivity contribution in [3.63, 3.8) is 0 Å². The van der Waals surface area contributed by atoms with Gasteiger partial charge in [0.15, 0.2) is 5.69 Å². The van der Waals surface area contributed by atoms with Gasteiger partial charge in [0.25, 0.3) is 11.5 Å². The van der Waals surface area contributed by atoms with Crippen molar-refractivity contribution in [2.45, 2.75) is 39.2 Å². The van der Waals surface area contributed by atoms with Crippen LogP contribution in [0.3, 0.4) is 0 Å². The van der Waals surface area contributed by atoms with E-state index < -0.39 is 0 Å². The summed E-state index contributed by atoms with van der Waals surface area (Å²) in [6.07, 6.45) is 4.14. The van der Waals surface area contributed by atoms with Gasteiger partial charge >= 0.3 is 0 Å². The van der Waals surface area contributed by atoms with Crippen LogP contribution in [0.4, 0.5) is 11.4 Å². The van der Waals surface area contributed by atoms with Gasteiger partial charge in [0.1, 0.15) is 0 Å². The van der Waals surface area contributed by atoms with Gasteiger partial charge in [0, 0.05) is 36.4 Å². The second-order valence-corrected chi connectivity index (χ2v) is 8.08. The molecular formula is C25H30N4O3. The Bertz CT molecular complexity index is 1120. The maximum Gasteiger partial charge on any atom is 0.276 e. The van der Waals surface area contributed by atoms with Crippen molar-refractivity contribution in [2.24, 2.45) is 0 Å². The molecule has 1 saturated heterocycles. The fraction of sp³-hybridized carbons (Fsp3) is 0.400. The van der Waals surface area contributed by atoms with Gasteiger partial charge in [-0.2, -0.15) is 5.10 Å². The van der Waals surface area contributed by atoms with Crippen LogP contribution in [0.15, 0.2) is 53.3 Å². The Hall–Kier alpha value is -3.19. The fourth-order valence-electron chi connectivity index (χ4n) is 4.01. The standard InChI is InChI=1S/C25H30N4O3/c1-2-3-4-7-14-29-25(31)22-9-6-5-8-21(22)23(27-29)24(30)26-19-10-12-20(13-11-19)28-15-17-32-18-16-28/h5-6,8-13H,2-4,7,14-18H2,1H3,(H,26,30). The van der Waals surface area contributed by atoms with E-state index in [9.17, 15) is 9.59 Å². The summed E-state index contributed by atoms with van der Waals surface area (Å²) in [5, 5.41) is 8.49. The minimum atomic E-state index is -0.317. The Morgan fingerprint density at radius 3 is 2.44 bits per heavy atom. The molecule has 4 rings (SSSR count). The Morgan fingerprint density at radius 1 is 1.00 bits per heavy atom. The lowest BCUT2D eigenvalue weighted by Gasteiger charge is -2.28. The zero-order chi connectivity index (χ0) is 22.3. The van der Waals surface area contributed by atoms with Crippen molar-refractivity contribution >= 4 is 28.1 Å². The quantitative estimate of drug-likeness (QED) is 0.541. The van der Waals surface area contributed by atoms with Crippen LogP contribution in [0.25, 0.3) is 10.8 Å². The molecule has 0 aliphatic carbocycles. The van der Waals surface area contributed by atoms with Crippen molar-refractivity contribution in [2.75, 3.05) is 36.5 Å². The zero-order valence-corrected chi connectivity index (χ0v) is 18.5. The number of amides is 1. The molecule has 0 unspecified atom stereocenters. The molecule has 0 bridgehead atoms. The Labute approximate surface area is 188 Å². The predicted octanol–water partition coefficient (Wildman–Crippen LogP) is 4.07. The van der Waals surface area contributed by atoms with Crippen molar-refractivity contribution in [3.8, 4) is 0 Å². The first-order chi connectivity index (χ1) is 15.7. The first-order valence-electron chi connectivity index (χ1n) is 11.4. The van der Waals surface area contributed by atoms with Gasteiger partial charge in [0.2, 0.25) is 0 Å². The van der Waals surface area contributed by atoms with Crippen LogP contribution in [0, 0.1) is 0 Å². The third-order valence-electron chi connectivity index (χ3n) is 5.81. The van der Waals surface area contributed by atoms with Gasteiger partial charge in [-0.3, -0.25) is 9.59 Å². The highest BCUT2D eigenvalue weighted by atomic mass is 16.5. The van der Waals surface area contributed by atoms with Gasteiger partial charge < -0.3 is 15.0 Å². The molecule has 0 radical (unpaired) electrons. The lowest BCUT2D eigenvalue weighted by atomic mass is 10.1. The monoisotopic (exact) mass is 434 g/mol. The van der Waals surface area contributed by atoms with Gasteiger partial charge in [0.05, 0.1) is 18.6 Å². The highest BCUT2D eigenvalue weighted by molar-refractivity contribution is 6.11. The number of nitrogens with zero attached hydrogens (tertiary/aromatic N) is 3. The first-order valence-corrected chi connectivity index (χ1v) is 11.4. The number of hydrogen-bond acceptors (Lipinski definition) is 5. The molecule has 1 amide bonds. The Morgan fingerprint density at radius 2 is 1.72 bits per heavy atom. The molecule has 1 aromatic heterocycles. The number of nitrogens with one attached hydrogen (secondary N) is 1. The van der Waals surface area contributed by atoms with Crippen LogP contribution in [-0.2, 0) is 11.3 Å². The van der Waals surface area contributed by atoms with E-state index in [-0.39, 0.29) is 17.2 Å². The summed E-state index contributed by atoms with van der Waals surface area (Å²) in [6, 6.07) is 15.0. The molecule has 3 aromatic rings. The fourth-order valence-corrected chi connectivity index (χ4v) is 4.01. The van der Waals surface area contributed by atoms with E-state index in [4.69, 9.17) is 4.74 Å². The van der Waals surface area contributed by atoms with Crippen molar-refractivity contribution in [1.29, 1.82) is 0 Å². The largest absolute Gasteiger partial charge is 0.378 e. The van der Waals surface area contributed by atoms with Crippen LogP contribution < -0.4 is 15.8 Å². The highest BCUT2D eigenvalue weighted by Gasteiger charge is 2.17. The number of aryl methyl sites for hydroxylation is 1. The number of hydrogen-bond donors (Lipinski definition) is 1. The normalized spacial score (nSPS) is 14.0. The number of carbonyl (C=O) groups is 1. The lowest BCUT2D eigenvalue weighted by molar-refractivity contribution is 0.102. The third-order valence-corrected chi connectivity index (χ3v) is 5.81. The van der Waals surface area contributed by atoms with E-state index in [0.29, 0.717) is 23.0 Å². The Balaban J connectivity index is 1.55. The number of unbranched alkanes of at least 4 members (excludes halogenated alkanes) is 3. The molecule has 7 nitrogen and oxygen atoms in total. The number of anilines is 2. The number of rotatable bonds is 8. The van der Waals surface area contributed by atoms with E-state index in [1.165, 1.54) is 4.68 Å². The lowest BCUT2D eigenvalue weighted by Crippen LogP contribution is -2.36. The van der Waals surface area contributed by atoms with Gasteiger partial charge in [-0.15, -0.1) is 0 Å². The number of aromatic nitrogens is 2. The first kappa shape index (κ1) is 22.0. The molecule has 32 heavy (non-hydrogen) atoms. The smallest absolute Gasteiger partial charge is 0.276 e. The maximum absolute atomic E-state index is 13.1. The van der Waals surface area contributed by atoms with E-state index >= 15 is 0 Å². The summed E-state index contributed by atoms with van der Waals surface area (Å²) >= 11 is 0. The minimum Gasteiger partial charge on any atom is -0.378 e. The van der Waals surface area contributed by atoms with Crippen molar-refractivity contribution in [3.05, 3.63) is 64.6 Å². The van der Waals surface area contributed by atoms with Crippen LogP contribution >= 0.6 is 0 Å². The molecule has 1 N–H and O–H groups in total. The second kappa shape index (κ2) is 10.4. The summed E-state index contributed by atoms with van der Waals surface area (Å²) in [6.45, 7) is 5.84. The molecule has 0 spiro atoms. The molecule has 1 aliphatic heterocycles. The van der Waals surface area contributed by atoms with Crippen LogP contribution in [0.5, 0.6) is 0 Å². The summed E-state index contributed by atoms with van der Waals surface area (Å²) in [5.74, 6) is -0.317. The number of carbonyl (C=O) groups excluding carboxylic acids is 1. The molecule has 7 heteroatoms. The van der Waals surface area contributed by atoms with E-state index in [0.717, 1.165) is 57.7 Å². The maximum atomic E-state index is 13.1.